The van der Waals surface area contributed by atoms with Crippen LogP contribution in [0.15, 0.2) is 0 Å². The van der Waals surface area contributed by atoms with Crippen molar-refractivity contribution >= 4 is 0 Å². The lowest BCUT2D eigenvalue weighted by Crippen LogP contribution is -2.41. The molecule has 0 saturated carbocycles. The minimum absolute atomic E-state index is 0.285. The number of nitrogens with one attached hydrogen (secondary N) is 2. The Morgan fingerprint density at radius 2 is 1.41 bits per heavy atom. The summed E-state index contributed by atoms with van der Waals surface area (Å²) in [5, 5.41) is 26.9. The van der Waals surface area contributed by atoms with Crippen LogP contribution < -0.4 is 10.6 Å². The molecule has 2 fully saturated rings. The number of aliphatic hydroxyl groups is 2. The maximum absolute atomic E-state index is 10.2. The van der Waals surface area contributed by atoms with Crippen LogP contribution in [0.3, 0.4) is 0 Å². The molecular formula is C13H26N2O2. The lowest BCUT2D eigenvalue weighted by atomic mass is 9.84. The first-order valence-electron chi connectivity index (χ1n) is 7.05. The van der Waals surface area contributed by atoms with Crippen molar-refractivity contribution in [2.75, 3.05) is 26.2 Å². The van der Waals surface area contributed by atoms with Crippen molar-refractivity contribution in [3.63, 3.8) is 0 Å². The Morgan fingerprint density at radius 1 is 0.882 bits per heavy atom. The molecule has 4 N–H and O–H groups in total. The number of rotatable bonds is 4. The summed E-state index contributed by atoms with van der Waals surface area (Å²) in [6.07, 6.45) is 3.97. The van der Waals surface area contributed by atoms with Gasteiger partial charge in [-0.05, 0) is 70.1 Å². The first-order chi connectivity index (χ1) is 8.27. The Morgan fingerprint density at radius 3 is 2.00 bits per heavy atom. The summed E-state index contributed by atoms with van der Waals surface area (Å²) in [6, 6.07) is 0. The van der Waals surface area contributed by atoms with Gasteiger partial charge in [-0.15, -0.1) is 0 Å². The molecule has 100 valence electrons. The van der Waals surface area contributed by atoms with Crippen molar-refractivity contribution in [1.82, 2.24) is 10.6 Å². The van der Waals surface area contributed by atoms with Crippen LogP contribution in [0.5, 0.6) is 0 Å². The van der Waals surface area contributed by atoms with Gasteiger partial charge in [0.05, 0.1) is 12.2 Å². The van der Waals surface area contributed by atoms with Gasteiger partial charge in [-0.25, -0.2) is 0 Å². The predicted molar refractivity (Wildman–Crippen MR) is 67.8 cm³/mol. The maximum atomic E-state index is 10.2. The van der Waals surface area contributed by atoms with E-state index in [1.807, 2.05) is 0 Å². The minimum atomic E-state index is -0.527. The normalized spacial score (nSPS) is 27.9. The Kier molecular flexibility index (Phi) is 5.22. The van der Waals surface area contributed by atoms with Crippen molar-refractivity contribution in [3.8, 4) is 0 Å². The third-order valence-corrected chi connectivity index (χ3v) is 4.29. The molecule has 2 rings (SSSR count). The van der Waals surface area contributed by atoms with Crippen molar-refractivity contribution in [1.29, 1.82) is 0 Å². The first kappa shape index (κ1) is 13.3. The molecule has 2 heterocycles. The molecule has 2 atom stereocenters. The van der Waals surface area contributed by atoms with Crippen LogP contribution >= 0.6 is 0 Å². The van der Waals surface area contributed by atoms with E-state index in [0.717, 1.165) is 58.3 Å². The van der Waals surface area contributed by atoms with Crippen molar-refractivity contribution in [3.05, 3.63) is 0 Å². The van der Waals surface area contributed by atoms with Crippen LogP contribution in [-0.2, 0) is 0 Å². The smallest absolute Gasteiger partial charge is 0.0828 e. The standard InChI is InChI=1S/C13H26N2O2/c16-12(9-10-1-5-14-6-2-10)13(17)11-3-7-15-8-4-11/h10-17H,1-9H2. The number of hydrogen-bond donors (Lipinski definition) is 4. The van der Waals surface area contributed by atoms with Crippen LogP contribution in [0, 0.1) is 11.8 Å². The van der Waals surface area contributed by atoms with Gasteiger partial charge in [0.15, 0.2) is 0 Å². The zero-order valence-corrected chi connectivity index (χ0v) is 10.6. The van der Waals surface area contributed by atoms with E-state index in [2.05, 4.69) is 10.6 Å². The summed E-state index contributed by atoms with van der Waals surface area (Å²) in [7, 11) is 0. The minimum Gasteiger partial charge on any atom is -0.390 e. The van der Waals surface area contributed by atoms with Gasteiger partial charge in [0, 0.05) is 0 Å². The molecule has 0 bridgehead atoms. The van der Waals surface area contributed by atoms with E-state index < -0.39 is 12.2 Å². The Hall–Kier alpha value is -0.160. The second kappa shape index (κ2) is 6.69. The average Bonchev–Trinajstić information content (AvgIpc) is 2.40. The summed E-state index contributed by atoms with van der Waals surface area (Å²) < 4.78 is 0. The van der Waals surface area contributed by atoms with E-state index in [9.17, 15) is 10.2 Å². The predicted octanol–water partition coefficient (Wildman–Crippen LogP) is 0.0975. The average molecular weight is 242 g/mol. The molecule has 2 aliphatic heterocycles. The van der Waals surface area contributed by atoms with Gasteiger partial charge < -0.3 is 20.8 Å². The molecular weight excluding hydrogens is 216 g/mol. The summed E-state index contributed by atoms with van der Waals surface area (Å²) in [4.78, 5) is 0. The van der Waals surface area contributed by atoms with Gasteiger partial charge in [0.2, 0.25) is 0 Å². The monoisotopic (exact) mass is 242 g/mol. The number of hydrogen-bond acceptors (Lipinski definition) is 4. The molecule has 2 aliphatic rings. The largest absolute Gasteiger partial charge is 0.390 e. The summed E-state index contributed by atoms with van der Waals surface area (Å²) in [6.45, 7) is 4.06. The van der Waals surface area contributed by atoms with Crippen LogP contribution in [0.4, 0.5) is 0 Å². The van der Waals surface area contributed by atoms with Gasteiger partial charge in [0.25, 0.3) is 0 Å². The highest BCUT2D eigenvalue weighted by molar-refractivity contribution is 4.82. The zero-order valence-electron chi connectivity index (χ0n) is 10.6. The van der Waals surface area contributed by atoms with Crippen molar-refractivity contribution in [2.45, 2.75) is 44.3 Å². The van der Waals surface area contributed by atoms with E-state index in [-0.39, 0.29) is 5.92 Å². The molecule has 4 heteroatoms. The maximum Gasteiger partial charge on any atom is 0.0828 e. The highest BCUT2D eigenvalue weighted by Crippen LogP contribution is 2.25. The van der Waals surface area contributed by atoms with Gasteiger partial charge >= 0.3 is 0 Å². The van der Waals surface area contributed by atoms with Crippen LogP contribution in [0.2, 0.25) is 0 Å². The van der Waals surface area contributed by atoms with Crippen LogP contribution in [-0.4, -0.2) is 48.6 Å². The van der Waals surface area contributed by atoms with Gasteiger partial charge in [-0.2, -0.15) is 0 Å². The lowest BCUT2D eigenvalue weighted by molar-refractivity contribution is -0.0374. The molecule has 4 nitrogen and oxygen atoms in total. The van der Waals surface area contributed by atoms with Crippen molar-refractivity contribution in [2.24, 2.45) is 11.8 Å². The SMILES string of the molecule is OC(CC1CCNCC1)C(O)C1CCNCC1. The fourth-order valence-corrected chi connectivity index (χ4v) is 3.10. The molecule has 0 aliphatic carbocycles. The lowest BCUT2D eigenvalue weighted by Gasteiger charge is -2.32. The molecule has 0 aromatic rings. The van der Waals surface area contributed by atoms with Gasteiger partial charge in [-0.3, -0.25) is 0 Å². The second-order valence-corrected chi connectivity index (χ2v) is 5.57. The number of piperidine rings is 2. The third kappa shape index (κ3) is 3.91. The van der Waals surface area contributed by atoms with E-state index >= 15 is 0 Å². The topological polar surface area (TPSA) is 64.5 Å². The fourth-order valence-electron chi connectivity index (χ4n) is 3.10. The molecule has 0 spiro atoms. The molecule has 0 aromatic heterocycles. The Labute approximate surface area is 104 Å². The summed E-state index contributed by atoms with van der Waals surface area (Å²) in [5.74, 6) is 0.871. The van der Waals surface area contributed by atoms with E-state index in [4.69, 9.17) is 0 Å². The van der Waals surface area contributed by atoms with Crippen molar-refractivity contribution < 1.29 is 10.2 Å². The molecule has 0 radical (unpaired) electrons. The van der Waals surface area contributed by atoms with E-state index in [0.29, 0.717) is 5.92 Å². The molecule has 0 amide bonds. The fraction of sp³-hybridized carbons (Fsp3) is 1.00. The van der Waals surface area contributed by atoms with Crippen LogP contribution in [0.25, 0.3) is 0 Å². The summed E-state index contributed by atoms with van der Waals surface area (Å²) in [5.41, 5.74) is 0. The van der Waals surface area contributed by atoms with Gasteiger partial charge in [-0.1, -0.05) is 0 Å². The third-order valence-electron chi connectivity index (χ3n) is 4.29. The quantitative estimate of drug-likeness (QED) is 0.564. The first-order valence-corrected chi connectivity index (χ1v) is 7.05. The highest BCUT2D eigenvalue weighted by Gasteiger charge is 2.29. The molecule has 17 heavy (non-hydrogen) atoms. The highest BCUT2D eigenvalue weighted by atomic mass is 16.3. The second-order valence-electron chi connectivity index (χ2n) is 5.57. The summed E-state index contributed by atoms with van der Waals surface area (Å²) >= 11 is 0. The number of aliphatic hydroxyl groups excluding tert-OH is 2. The Balaban J connectivity index is 1.75. The Bertz CT molecular complexity index is 213. The van der Waals surface area contributed by atoms with Crippen LogP contribution in [0.1, 0.15) is 32.1 Å². The van der Waals surface area contributed by atoms with E-state index in [1.165, 1.54) is 0 Å². The molecule has 0 aromatic carbocycles. The molecule has 2 unspecified atom stereocenters. The van der Waals surface area contributed by atoms with E-state index in [1.54, 1.807) is 0 Å². The zero-order chi connectivity index (χ0) is 12.1. The molecule has 2 saturated heterocycles. The van der Waals surface area contributed by atoms with Gasteiger partial charge in [0.1, 0.15) is 0 Å².